The normalized spacial score (nSPS) is 15.8. The molecule has 2 amide bonds. The van der Waals surface area contributed by atoms with Crippen LogP contribution in [0.1, 0.15) is 44.7 Å². The number of carbonyl (C=O) groups excluding carboxylic acids is 2. The van der Waals surface area contributed by atoms with Crippen LogP contribution in [0, 0.1) is 5.92 Å². The third-order valence-electron chi connectivity index (χ3n) is 4.74. The lowest BCUT2D eigenvalue weighted by Gasteiger charge is -2.18. The van der Waals surface area contributed by atoms with E-state index in [2.05, 4.69) is 17.6 Å². The zero-order valence-electron chi connectivity index (χ0n) is 15.0. The minimum atomic E-state index is -0.347. The number of amides is 2. The van der Waals surface area contributed by atoms with E-state index in [0.29, 0.717) is 16.5 Å². The minimum Gasteiger partial charge on any atom is -0.459 e. The third-order valence-corrected chi connectivity index (χ3v) is 5.91. The fourth-order valence-corrected chi connectivity index (χ4v) is 4.77. The Morgan fingerprint density at radius 3 is 2.63 bits per heavy atom. The van der Waals surface area contributed by atoms with E-state index in [9.17, 15) is 9.59 Å². The van der Waals surface area contributed by atoms with Gasteiger partial charge in [0, 0.05) is 10.6 Å². The molecule has 1 aliphatic rings. The van der Waals surface area contributed by atoms with E-state index in [1.54, 1.807) is 12.1 Å². The highest BCUT2D eigenvalue weighted by atomic mass is 32.1. The van der Waals surface area contributed by atoms with Crippen LogP contribution in [-0.4, -0.2) is 11.8 Å². The molecule has 2 N–H and O–H groups in total. The van der Waals surface area contributed by atoms with E-state index in [-0.39, 0.29) is 17.6 Å². The molecule has 2 heterocycles. The highest BCUT2D eigenvalue weighted by Gasteiger charge is 2.28. The van der Waals surface area contributed by atoms with Crippen molar-refractivity contribution >= 4 is 33.8 Å². The molecule has 0 saturated carbocycles. The van der Waals surface area contributed by atoms with E-state index in [1.165, 1.54) is 22.5 Å². The second-order valence-corrected chi connectivity index (χ2v) is 7.91. The molecule has 6 heteroatoms. The quantitative estimate of drug-likeness (QED) is 0.671. The number of para-hydroxylation sites is 1. The fourth-order valence-electron chi connectivity index (χ4n) is 3.37. The van der Waals surface area contributed by atoms with Gasteiger partial charge in [0.25, 0.3) is 11.8 Å². The van der Waals surface area contributed by atoms with Crippen molar-refractivity contribution in [3.8, 4) is 0 Å². The Labute approximate surface area is 161 Å². The Balaban J connectivity index is 1.67. The summed E-state index contributed by atoms with van der Waals surface area (Å²) < 4.78 is 5.17. The largest absolute Gasteiger partial charge is 0.459 e. The molecule has 0 radical (unpaired) electrons. The van der Waals surface area contributed by atoms with Crippen LogP contribution in [0.3, 0.4) is 0 Å². The standard InChI is InChI=1S/C21H20N2O3S/c1-13-9-10-15-17(12-13)27-21(23-19(24)16-8-5-11-26-16)18(15)20(25)22-14-6-3-2-4-7-14/h2-8,11,13H,9-10,12H2,1H3,(H,22,25)(H,23,24). The highest BCUT2D eigenvalue weighted by molar-refractivity contribution is 7.17. The molecule has 1 aliphatic carbocycles. The Hall–Kier alpha value is -2.86. The predicted octanol–water partition coefficient (Wildman–Crippen LogP) is 4.97. The number of thiophene rings is 1. The van der Waals surface area contributed by atoms with Gasteiger partial charge in [-0.2, -0.15) is 0 Å². The average Bonchev–Trinajstić information content (AvgIpc) is 3.29. The van der Waals surface area contributed by atoms with Gasteiger partial charge in [0.1, 0.15) is 5.00 Å². The van der Waals surface area contributed by atoms with Crippen LogP contribution in [0.25, 0.3) is 0 Å². The Morgan fingerprint density at radius 2 is 1.89 bits per heavy atom. The smallest absolute Gasteiger partial charge is 0.291 e. The molecule has 0 aliphatic heterocycles. The highest BCUT2D eigenvalue weighted by Crippen LogP contribution is 2.40. The van der Waals surface area contributed by atoms with Crippen molar-refractivity contribution in [1.82, 2.24) is 0 Å². The number of nitrogens with one attached hydrogen (secondary N) is 2. The molecule has 1 atom stereocenters. The number of fused-ring (bicyclic) bond motifs is 1. The Kier molecular flexibility index (Phi) is 4.81. The number of rotatable bonds is 4. The van der Waals surface area contributed by atoms with Crippen molar-refractivity contribution in [2.75, 3.05) is 10.6 Å². The molecule has 1 aromatic carbocycles. The monoisotopic (exact) mass is 380 g/mol. The van der Waals surface area contributed by atoms with Crippen molar-refractivity contribution in [3.05, 3.63) is 70.5 Å². The Bertz CT molecular complexity index is 961. The predicted molar refractivity (Wildman–Crippen MR) is 107 cm³/mol. The van der Waals surface area contributed by atoms with Gasteiger partial charge < -0.3 is 15.1 Å². The molecule has 0 bridgehead atoms. The van der Waals surface area contributed by atoms with Gasteiger partial charge in [0.15, 0.2) is 5.76 Å². The van der Waals surface area contributed by atoms with Gasteiger partial charge >= 0.3 is 0 Å². The van der Waals surface area contributed by atoms with Gasteiger partial charge in [-0.1, -0.05) is 25.1 Å². The molecule has 4 rings (SSSR count). The first-order valence-corrected chi connectivity index (χ1v) is 9.79. The fraction of sp³-hybridized carbons (Fsp3) is 0.238. The molecule has 27 heavy (non-hydrogen) atoms. The lowest BCUT2D eigenvalue weighted by Crippen LogP contribution is -2.19. The van der Waals surface area contributed by atoms with Gasteiger partial charge in [0.2, 0.25) is 0 Å². The number of anilines is 2. The number of carbonyl (C=O) groups is 2. The van der Waals surface area contributed by atoms with E-state index >= 15 is 0 Å². The summed E-state index contributed by atoms with van der Waals surface area (Å²) in [7, 11) is 0. The van der Waals surface area contributed by atoms with Gasteiger partial charge in [0.05, 0.1) is 11.8 Å². The molecule has 1 unspecified atom stereocenters. The third kappa shape index (κ3) is 3.66. The Morgan fingerprint density at radius 1 is 1.07 bits per heavy atom. The van der Waals surface area contributed by atoms with E-state index in [1.807, 2.05) is 30.3 Å². The van der Waals surface area contributed by atoms with Crippen molar-refractivity contribution < 1.29 is 14.0 Å². The van der Waals surface area contributed by atoms with Crippen LogP contribution >= 0.6 is 11.3 Å². The van der Waals surface area contributed by atoms with E-state index < -0.39 is 0 Å². The zero-order chi connectivity index (χ0) is 18.8. The van der Waals surface area contributed by atoms with Crippen molar-refractivity contribution in [2.24, 2.45) is 5.92 Å². The molecule has 138 valence electrons. The maximum Gasteiger partial charge on any atom is 0.291 e. The first-order chi connectivity index (χ1) is 13.1. The van der Waals surface area contributed by atoms with Gasteiger partial charge in [-0.05, 0) is 55.0 Å². The summed E-state index contributed by atoms with van der Waals surface area (Å²) in [6, 6.07) is 12.6. The van der Waals surface area contributed by atoms with Gasteiger partial charge in [-0.3, -0.25) is 9.59 Å². The zero-order valence-corrected chi connectivity index (χ0v) is 15.8. The van der Waals surface area contributed by atoms with Crippen molar-refractivity contribution in [2.45, 2.75) is 26.2 Å². The lowest BCUT2D eigenvalue weighted by atomic mass is 9.88. The summed E-state index contributed by atoms with van der Waals surface area (Å²) in [5.74, 6) is 0.266. The van der Waals surface area contributed by atoms with Crippen LogP contribution in [0.15, 0.2) is 53.1 Å². The van der Waals surface area contributed by atoms with Gasteiger partial charge in [-0.25, -0.2) is 0 Å². The van der Waals surface area contributed by atoms with E-state index in [4.69, 9.17) is 4.42 Å². The average molecular weight is 380 g/mol. The SMILES string of the molecule is CC1CCc2c(sc(NC(=O)c3ccco3)c2C(=O)Nc2ccccc2)C1. The topological polar surface area (TPSA) is 71.3 Å². The lowest BCUT2D eigenvalue weighted by molar-refractivity contribution is 0.0997. The summed E-state index contributed by atoms with van der Waals surface area (Å²) in [6.45, 7) is 2.22. The first-order valence-electron chi connectivity index (χ1n) is 8.97. The van der Waals surface area contributed by atoms with Gasteiger partial charge in [-0.15, -0.1) is 11.3 Å². The summed E-state index contributed by atoms with van der Waals surface area (Å²) in [5, 5.41) is 6.41. The minimum absolute atomic E-state index is 0.192. The molecular weight excluding hydrogens is 360 g/mol. The summed E-state index contributed by atoms with van der Waals surface area (Å²) in [5.41, 5.74) is 2.36. The molecule has 0 saturated heterocycles. The summed E-state index contributed by atoms with van der Waals surface area (Å²) in [6.07, 6.45) is 4.28. The molecule has 2 aromatic heterocycles. The number of benzene rings is 1. The second-order valence-electron chi connectivity index (χ2n) is 6.81. The first kappa shape index (κ1) is 17.5. The van der Waals surface area contributed by atoms with Crippen LogP contribution in [0.4, 0.5) is 10.7 Å². The van der Waals surface area contributed by atoms with Crippen LogP contribution in [0.2, 0.25) is 0 Å². The molecule has 3 aromatic rings. The summed E-state index contributed by atoms with van der Waals surface area (Å²) >= 11 is 1.50. The van der Waals surface area contributed by atoms with Crippen LogP contribution in [0.5, 0.6) is 0 Å². The number of hydrogen-bond donors (Lipinski definition) is 2. The molecule has 0 fully saturated rings. The molecule has 0 spiro atoms. The molecule has 5 nitrogen and oxygen atoms in total. The van der Waals surface area contributed by atoms with Crippen molar-refractivity contribution in [3.63, 3.8) is 0 Å². The second kappa shape index (κ2) is 7.40. The molecular formula is C21H20N2O3S. The summed E-state index contributed by atoms with van der Waals surface area (Å²) in [4.78, 5) is 26.7. The van der Waals surface area contributed by atoms with Crippen LogP contribution < -0.4 is 10.6 Å². The van der Waals surface area contributed by atoms with E-state index in [0.717, 1.165) is 30.5 Å². The van der Waals surface area contributed by atoms with Crippen molar-refractivity contribution in [1.29, 1.82) is 0 Å². The van der Waals surface area contributed by atoms with Crippen LogP contribution in [-0.2, 0) is 12.8 Å². The maximum atomic E-state index is 13.0. The number of hydrogen-bond acceptors (Lipinski definition) is 4. The maximum absolute atomic E-state index is 13.0. The number of furan rings is 1.